The molecule has 6 heteroatoms. The average Bonchev–Trinajstić information content (AvgIpc) is 2.16. The average molecular weight is 251 g/mol. The molecule has 0 unspecified atom stereocenters. The molecule has 0 spiro atoms. The topological polar surface area (TPSA) is 52.6 Å². The van der Waals surface area contributed by atoms with Gasteiger partial charge in [0.1, 0.15) is 11.5 Å². The highest BCUT2D eigenvalue weighted by atomic mass is 35.7. The summed E-state index contributed by atoms with van der Waals surface area (Å²) in [6.07, 6.45) is 0. The van der Waals surface area contributed by atoms with Crippen LogP contribution in [0.3, 0.4) is 0 Å². The molecule has 1 aromatic rings. The highest BCUT2D eigenvalue weighted by Crippen LogP contribution is 2.32. The maximum atomic E-state index is 11.1. The Hall–Kier alpha value is -0.940. The van der Waals surface area contributed by atoms with Gasteiger partial charge in [0.25, 0.3) is 9.05 Å². The predicted octanol–water partition coefficient (Wildman–Crippen LogP) is 1.94. The van der Waals surface area contributed by atoms with Gasteiger partial charge in [-0.15, -0.1) is 0 Å². The number of hydrogen-bond donors (Lipinski definition) is 0. The quantitative estimate of drug-likeness (QED) is 0.770. The van der Waals surface area contributed by atoms with Crippen LogP contribution in [0.1, 0.15) is 5.56 Å². The van der Waals surface area contributed by atoms with Crippen LogP contribution in [0.25, 0.3) is 0 Å². The molecule has 0 saturated heterocycles. The molecule has 0 N–H and O–H groups in total. The third-order valence-electron chi connectivity index (χ3n) is 2.01. The Morgan fingerprint density at radius 3 is 1.80 bits per heavy atom. The van der Waals surface area contributed by atoms with E-state index in [1.807, 2.05) is 0 Å². The molecule has 1 rings (SSSR count). The summed E-state index contributed by atoms with van der Waals surface area (Å²) in [6.45, 7) is 1.77. The Balaban J connectivity index is 3.47. The SMILES string of the molecule is COc1cc(S(=O)(=O)Cl)cc(OC)c1C. The van der Waals surface area contributed by atoms with Gasteiger partial charge in [0.05, 0.1) is 19.1 Å². The number of methoxy groups -OCH3 is 2. The standard InChI is InChI=1S/C9H11ClO4S/c1-6-8(13-2)4-7(15(10,11)12)5-9(6)14-3/h4-5H,1-3H3. The summed E-state index contributed by atoms with van der Waals surface area (Å²) in [5.41, 5.74) is 0.726. The molecule has 0 fully saturated rings. The fourth-order valence-corrected chi connectivity index (χ4v) is 1.97. The molecular formula is C9H11ClO4S. The van der Waals surface area contributed by atoms with Gasteiger partial charge in [-0.3, -0.25) is 0 Å². The monoisotopic (exact) mass is 250 g/mol. The van der Waals surface area contributed by atoms with E-state index in [1.54, 1.807) is 6.92 Å². The van der Waals surface area contributed by atoms with Crippen LogP contribution in [-0.2, 0) is 9.05 Å². The summed E-state index contributed by atoms with van der Waals surface area (Å²) in [7, 11) is 4.36. The van der Waals surface area contributed by atoms with E-state index >= 15 is 0 Å². The zero-order chi connectivity index (χ0) is 11.6. The number of halogens is 1. The maximum Gasteiger partial charge on any atom is 0.261 e. The first-order chi connectivity index (χ1) is 6.90. The van der Waals surface area contributed by atoms with Crippen LogP contribution in [0.5, 0.6) is 11.5 Å². The summed E-state index contributed by atoms with van der Waals surface area (Å²) in [5.74, 6) is 0.849. The zero-order valence-corrected chi connectivity index (χ0v) is 10.1. The first kappa shape index (κ1) is 12.1. The molecule has 84 valence electrons. The summed E-state index contributed by atoms with van der Waals surface area (Å²) >= 11 is 0. The van der Waals surface area contributed by atoms with E-state index in [0.29, 0.717) is 11.5 Å². The normalized spacial score (nSPS) is 11.2. The first-order valence-electron chi connectivity index (χ1n) is 4.07. The van der Waals surface area contributed by atoms with Crippen LogP contribution >= 0.6 is 10.7 Å². The highest BCUT2D eigenvalue weighted by molar-refractivity contribution is 8.13. The molecule has 0 aromatic heterocycles. The number of benzene rings is 1. The minimum Gasteiger partial charge on any atom is -0.496 e. The smallest absolute Gasteiger partial charge is 0.261 e. The molecule has 1 aromatic carbocycles. The lowest BCUT2D eigenvalue weighted by Gasteiger charge is -2.10. The second-order valence-electron chi connectivity index (χ2n) is 2.89. The van der Waals surface area contributed by atoms with Gasteiger partial charge in [-0.05, 0) is 6.92 Å². The van der Waals surface area contributed by atoms with Crippen LogP contribution in [0.4, 0.5) is 0 Å². The molecular weight excluding hydrogens is 240 g/mol. The molecule has 15 heavy (non-hydrogen) atoms. The van der Waals surface area contributed by atoms with Crippen molar-refractivity contribution in [2.45, 2.75) is 11.8 Å². The highest BCUT2D eigenvalue weighted by Gasteiger charge is 2.16. The Morgan fingerprint density at radius 1 is 1.13 bits per heavy atom. The van der Waals surface area contributed by atoms with Gasteiger partial charge >= 0.3 is 0 Å². The lowest BCUT2D eigenvalue weighted by Crippen LogP contribution is -1.97. The van der Waals surface area contributed by atoms with E-state index in [9.17, 15) is 8.42 Å². The second kappa shape index (κ2) is 4.28. The Labute approximate surface area is 93.2 Å². The van der Waals surface area contributed by atoms with Crippen molar-refractivity contribution in [3.8, 4) is 11.5 Å². The van der Waals surface area contributed by atoms with Gasteiger partial charge in [0, 0.05) is 28.4 Å². The van der Waals surface area contributed by atoms with Gasteiger partial charge in [-0.2, -0.15) is 0 Å². The molecule has 4 nitrogen and oxygen atoms in total. The molecule has 0 heterocycles. The van der Waals surface area contributed by atoms with Crippen LogP contribution in [-0.4, -0.2) is 22.6 Å². The zero-order valence-electron chi connectivity index (χ0n) is 8.57. The van der Waals surface area contributed by atoms with Crippen molar-refractivity contribution in [3.63, 3.8) is 0 Å². The van der Waals surface area contributed by atoms with Crippen molar-refractivity contribution < 1.29 is 17.9 Å². The van der Waals surface area contributed by atoms with Gasteiger partial charge in [-0.1, -0.05) is 0 Å². The molecule has 0 aliphatic heterocycles. The number of ether oxygens (including phenoxy) is 2. The second-order valence-corrected chi connectivity index (χ2v) is 5.46. The molecule has 0 saturated carbocycles. The van der Waals surface area contributed by atoms with E-state index in [-0.39, 0.29) is 4.90 Å². The van der Waals surface area contributed by atoms with Crippen molar-refractivity contribution in [2.75, 3.05) is 14.2 Å². The minimum atomic E-state index is -3.77. The third-order valence-corrected chi connectivity index (χ3v) is 3.34. The van der Waals surface area contributed by atoms with Gasteiger partial charge in [-0.25, -0.2) is 8.42 Å². The van der Waals surface area contributed by atoms with Gasteiger partial charge in [0.15, 0.2) is 0 Å². The lowest BCUT2D eigenvalue weighted by atomic mass is 10.2. The van der Waals surface area contributed by atoms with E-state index in [4.69, 9.17) is 20.2 Å². The first-order valence-corrected chi connectivity index (χ1v) is 6.38. The van der Waals surface area contributed by atoms with Crippen molar-refractivity contribution in [3.05, 3.63) is 17.7 Å². The molecule has 0 aliphatic carbocycles. The van der Waals surface area contributed by atoms with Crippen molar-refractivity contribution >= 4 is 19.7 Å². The molecule has 0 radical (unpaired) electrons. The van der Waals surface area contributed by atoms with Crippen LogP contribution < -0.4 is 9.47 Å². The molecule has 0 bridgehead atoms. The fourth-order valence-electron chi connectivity index (χ4n) is 1.20. The summed E-state index contributed by atoms with van der Waals surface area (Å²) < 4.78 is 32.3. The molecule has 0 atom stereocenters. The van der Waals surface area contributed by atoms with Crippen molar-refractivity contribution in [1.82, 2.24) is 0 Å². The molecule has 0 aliphatic rings. The largest absolute Gasteiger partial charge is 0.496 e. The van der Waals surface area contributed by atoms with Crippen molar-refractivity contribution in [2.24, 2.45) is 0 Å². The van der Waals surface area contributed by atoms with Gasteiger partial charge < -0.3 is 9.47 Å². The van der Waals surface area contributed by atoms with Crippen molar-refractivity contribution in [1.29, 1.82) is 0 Å². The summed E-state index contributed by atoms with van der Waals surface area (Å²) in [4.78, 5) is -0.0385. The van der Waals surface area contributed by atoms with Gasteiger partial charge in [0.2, 0.25) is 0 Å². The number of hydrogen-bond acceptors (Lipinski definition) is 4. The Bertz CT molecular complexity index is 442. The van der Waals surface area contributed by atoms with E-state index in [1.165, 1.54) is 26.4 Å². The summed E-state index contributed by atoms with van der Waals surface area (Å²) in [5, 5.41) is 0. The lowest BCUT2D eigenvalue weighted by molar-refractivity contribution is 0.386. The Kier molecular flexibility index (Phi) is 3.46. The van der Waals surface area contributed by atoms with Crippen LogP contribution in [0.2, 0.25) is 0 Å². The summed E-state index contributed by atoms with van der Waals surface area (Å²) in [6, 6.07) is 2.72. The predicted molar refractivity (Wildman–Crippen MR) is 57.3 cm³/mol. The fraction of sp³-hybridized carbons (Fsp3) is 0.333. The third kappa shape index (κ3) is 2.54. The van der Waals surface area contributed by atoms with Crippen LogP contribution in [0.15, 0.2) is 17.0 Å². The number of rotatable bonds is 3. The molecule has 0 amide bonds. The van der Waals surface area contributed by atoms with E-state index in [2.05, 4.69) is 0 Å². The van der Waals surface area contributed by atoms with E-state index < -0.39 is 9.05 Å². The van der Waals surface area contributed by atoms with E-state index in [0.717, 1.165) is 5.56 Å². The maximum absolute atomic E-state index is 11.1. The minimum absolute atomic E-state index is 0.0385. The van der Waals surface area contributed by atoms with Crippen LogP contribution in [0, 0.1) is 6.92 Å². The Morgan fingerprint density at radius 2 is 1.53 bits per heavy atom.